The standard InChI is InChI=1S/C27H27BO6/c1-30-21-12-8-19(9-13-21)27(18-6-4-3-5-7-18,20-10-14-22(31-2)15-11-20)33-17-26-16-32-24(26)23(29)25(28)34-26/h3-15,23-25,29H,16-17H2,1-2H3/t23-,24+,25?,26-/m1/s1. The van der Waals surface area contributed by atoms with Crippen molar-refractivity contribution in [1.82, 2.24) is 0 Å². The van der Waals surface area contributed by atoms with Gasteiger partial charge >= 0.3 is 0 Å². The summed E-state index contributed by atoms with van der Waals surface area (Å²) in [5, 5.41) is 10.4. The summed E-state index contributed by atoms with van der Waals surface area (Å²) >= 11 is 0. The summed E-state index contributed by atoms with van der Waals surface area (Å²) in [7, 11) is 9.27. The van der Waals surface area contributed by atoms with Crippen molar-refractivity contribution in [2.45, 2.75) is 29.4 Å². The highest BCUT2D eigenvalue weighted by Crippen LogP contribution is 2.46. The summed E-state index contributed by atoms with van der Waals surface area (Å²) in [4.78, 5) is 0. The Labute approximate surface area is 200 Å². The Bertz CT molecular complexity index is 1060. The fourth-order valence-corrected chi connectivity index (χ4v) is 4.85. The topological polar surface area (TPSA) is 66.4 Å². The number of fused-ring (bicyclic) bond motifs is 1. The van der Waals surface area contributed by atoms with E-state index in [0.717, 1.165) is 28.2 Å². The van der Waals surface area contributed by atoms with Gasteiger partial charge in [0.25, 0.3) is 0 Å². The molecule has 1 unspecified atom stereocenters. The molecule has 0 spiro atoms. The van der Waals surface area contributed by atoms with E-state index in [1.165, 1.54) is 0 Å². The highest BCUT2D eigenvalue weighted by Gasteiger charge is 2.61. The first-order chi connectivity index (χ1) is 16.5. The van der Waals surface area contributed by atoms with E-state index in [1.54, 1.807) is 14.2 Å². The molecule has 6 nitrogen and oxygen atoms in total. The third-order valence-electron chi connectivity index (χ3n) is 6.75. The number of aliphatic hydroxyl groups is 1. The molecule has 3 aromatic carbocycles. The van der Waals surface area contributed by atoms with Gasteiger partial charge in [-0.05, 0) is 41.0 Å². The van der Waals surface area contributed by atoms with Gasteiger partial charge in [0, 0.05) is 6.00 Å². The molecule has 4 atom stereocenters. The van der Waals surface area contributed by atoms with E-state index in [1.807, 2.05) is 78.9 Å². The first-order valence-electron chi connectivity index (χ1n) is 11.2. The van der Waals surface area contributed by atoms with Crippen LogP contribution in [0.15, 0.2) is 78.9 Å². The second kappa shape index (κ2) is 9.08. The van der Waals surface area contributed by atoms with Crippen molar-refractivity contribution >= 4 is 7.85 Å². The van der Waals surface area contributed by atoms with Crippen LogP contribution in [0.5, 0.6) is 11.5 Å². The molecular weight excluding hydrogens is 431 g/mol. The maximum absolute atomic E-state index is 10.4. The minimum Gasteiger partial charge on any atom is -0.497 e. The molecule has 0 aliphatic carbocycles. The quantitative estimate of drug-likeness (QED) is 0.414. The van der Waals surface area contributed by atoms with Crippen LogP contribution in [0.1, 0.15) is 16.7 Å². The second-order valence-corrected chi connectivity index (χ2v) is 8.66. The first kappa shape index (κ1) is 22.9. The molecule has 174 valence electrons. The Balaban J connectivity index is 1.63. The van der Waals surface area contributed by atoms with Gasteiger partial charge in [0.05, 0.1) is 27.4 Å². The zero-order valence-corrected chi connectivity index (χ0v) is 19.2. The monoisotopic (exact) mass is 458 g/mol. The molecule has 7 heteroatoms. The summed E-state index contributed by atoms with van der Waals surface area (Å²) in [6.07, 6.45) is -1.42. The molecule has 2 fully saturated rings. The van der Waals surface area contributed by atoms with E-state index < -0.39 is 29.4 Å². The van der Waals surface area contributed by atoms with Crippen molar-refractivity contribution in [2.75, 3.05) is 27.4 Å². The van der Waals surface area contributed by atoms with Crippen molar-refractivity contribution < 1.29 is 28.8 Å². The van der Waals surface area contributed by atoms with Crippen LogP contribution in [0.2, 0.25) is 0 Å². The minimum absolute atomic E-state index is 0.176. The van der Waals surface area contributed by atoms with Gasteiger partial charge in [-0.25, -0.2) is 0 Å². The smallest absolute Gasteiger partial charge is 0.143 e. The molecule has 3 aromatic rings. The number of benzene rings is 3. The van der Waals surface area contributed by atoms with Crippen LogP contribution in [0.3, 0.4) is 0 Å². The second-order valence-electron chi connectivity index (χ2n) is 8.66. The van der Waals surface area contributed by atoms with E-state index in [0.29, 0.717) is 6.61 Å². The molecular formula is C27H27BO6. The maximum atomic E-state index is 10.4. The average Bonchev–Trinajstić information content (AvgIpc) is 3.04. The zero-order valence-electron chi connectivity index (χ0n) is 19.2. The molecule has 2 radical (unpaired) electrons. The van der Waals surface area contributed by atoms with Gasteiger partial charge < -0.3 is 28.8 Å². The zero-order chi connectivity index (χ0) is 23.8. The molecule has 1 N–H and O–H groups in total. The van der Waals surface area contributed by atoms with Crippen LogP contribution in [0, 0.1) is 0 Å². The van der Waals surface area contributed by atoms with Crippen LogP contribution >= 0.6 is 0 Å². The first-order valence-corrected chi connectivity index (χ1v) is 11.2. The van der Waals surface area contributed by atoms with E-state index >= 15 is 0 Å². The average molecular weight is 458 g/mol. The van der Waals surface area contributed by atoms with Gasteiger partial charge in [-0.15, -0.1) is 0 Å². The van der Waals surface area contributed by atoms with Gasteiger partial charge in [-0.2, -0.15) is 0 Å². The van der Waals surface area contributed by atoms with Crippen LogP contribution in [-0.4, -0.2) is 64.2 Å². The Morgan fingerprint density at radius 2 is 1.41 bits per heavy atom. The van der Waals surface area contributed by atoms with Crippen molar-refractivity contribution in [3.05, 3.63) is 95.6 Å². The van der Waals surface area contributed by atoms with Crippen LogP contribution in [0.4, 0.5) is 0 Å². The summed E-state index contributed by atoms with van der Waals surface area (Å²) in [6, 6.07) is 24.9. The number of aliphatic hydroxyl groups excluding tert-OH is 1. The molecule has 0 saturated carbocycles. The molecule has 0 amide bonds. The molecule has 0 bridgehead atoms. The minimum atomic E-state index is -0.976. The van der Waals surface area contributed by atoms with Gasteiger partial charge in [0.2, 0.25) is 0 Å². The van der Waals surface area contributed by atoms with E-state index in [-0.39, 0.29) is 6.61 Å². The Kier molecular flexibility index (Phi) is 6.12. The lowest BCUT2D eigenvalue weighted by atomic mass is 9.79. The van der Waals surface area contributed by atoms with Crippen LogP contribution < -0.4 is 9.47 Å². The predicted molar refractivity (Wildman–Crippen MR) is 127 cm³/mol. The molecule has 5 rings (SSSR count). The van der Waals surface area contributed by atoms with E-state index in [4.69, 9.17) is 31.5 Å². The van der Waals surface area contributed by atoms with Crippen LogP contribution in [0.25, 0.3) is 0 Å². The number of ether oxygens (including phenoxy) is 5. The number of methoxy groups -OCH3 is 2. The van der Waals surface area contributed by atoms with Crippen molar-refractivity contribution in [3.63, 3.8) is 0 Å². The third-order valence-corrected chi connectivity index (χ3v) is 6.75. The molecule has 0 aromatic heterocycles. The van der Waals surface area contributed by atoms with Gasteiger partial charge in [-0.3, -0.25) is 0 Å². The Morgan fingerprint density at radius 1 is 0.882 bits per heavy atom. The van der Waals surface area contributed by atoms with Crippen molar-refractivity contribution in [1.29, 1.82) is 0 Å². The summed E-state index contributed by atoms with van der Waals surface area (Å²) < 4.78 is 29.3. The van der Waals surface area contributed by atoms with E-state index in [9.17, 15) is 5.11 Å². The summed E-state index contributed by atoms with van der Waals surface area (Å²) in [5.74, 6) is 1.50. The lowest BCUT2D eigenvalue weighted by Gasteiger charge is -2.46. The normalized spacial score (nSPS) is 25.9. The highest BCUT2D eigenvalue weighted by molar-refractivity contribution is 6.11. The predicted octanol–water partition coefficient (Wildman–Crippen LogP) is 3.04. The SMILES string of the molecule is [B]C1O[C@@]2(COC(c3ccccc3)(c3ccc(OC)cc3)c3ccc(OC)cc3)CO[C@H]2[C@H]1O. The lowest BCUT2D eigenvalue weighted by molar-refractivity contribution is -0.254. The molecule has 2 saturated heterocycles. The van der Waals surface area contributed by atoms with Crippen molar-refractivity contribution in [2.24, 2.45) is 0 Å². The maximum Gasteiger partial charge on any atom is 0.143 e. The van der Waals surface area contributed by atoms with Gasteiger partial charge in [0.1, 0.15) is 42.8 Å². The summed E-state index contributed by atoms with van der Waals surface area (Å²) in [6.45, 7) is 0.480. The molecule has 2 aliphatic rings. The molecule has 34 heavy (non-hydrogen) atoms. The molecule has 2 heterocycles. The number of hydrogen-bond donors (Lipinski definition) is 1. The Hall–Kier alpha value is -2.84. The largest absolute Gasteiger partial charge is 0.497 e. The fraction of sp³-hybridized carbons (Fsp3) is 0.333. The van der Waals surface area contributed by atoms with Crippen LogP contribution in [-0.2, 0) is 19.8 Å². The van der Waals surface area contributed by atoms with Crippen molar-refractivity contribution in [3.8, 4) is 11.5 Å². The highest BCUT2D eigenvalue weighted by atomic mass is 16.7. The van der Waals surface area contributed by atoms with Gasteiger partial charge in [0.15, 0.2) is 0 Å². The van der Waals surface area contributed by atoms with E-state index in [2.05, 4.69) is 0 Å². The lowest BCUT2D eigenvalue weighted by Crippen LogP contribution is -2.62. The fourth-order valence-electron chi connectivity index (χ4n) is 4.85. The third kappa shape index (κ3) is 3.69. The summed E-state index contributed by atoms with van der Waals surface area (Å²) in [5.41, 5.74) is 0.996. The number of hydrogen-bond acceptors (Lipinski definition) is 6. The molecule has 2 aliphatic heterocycles. The van der Waals surface area contributed by atoms with Gasteiger partial charge in [-0.1, -0.05) is 54.6 Å². The number of rotatable bonds is 8. The Morgan fingerprint density at radius 3 is 1.85 bits per heavy atom.